The Morgan fingerprint density at radius 1 is 1.14 bits per heavy atom. The van der Waals surface area contributed by atoms with Gasteiger partial charge in [-0.15, -0.1) is 0 Å². The fraction of sp³-hybridized carbons (Fsp3) is 0.593. The molecule has 0 unspecified atom stereocenters. The van der Waals surface area contributed by atoms with E-state index in [1.165, 1.54) is 0 Å². The Kier molecular flexibility index (Phi) is 7.81. The van der Waals surface area contributed by atoms with Crippen LogP contribution in [0.4, 0.5) is 0 Å². The van der Waals surface area contributed by atoms with Crippen LogP contribution >= 0.6 is 11.6 Å². The summed E-state index contributed by atoms with van der Waals surface area (Å²) in [6.45, 7) is 9.02. The van der Waals surface area contributed by atoms with Gasteiger partial charge in [0.05, 0.1) is 18.4 Å². The van der Waals surface area contributed by atoms with Crippen molar-refractivity contribution in [1.82, 2.24) is 15.2 Å². The molecule has 192 valence electrons. The molecule has 35 heavy (non-hydrogen) atoms. The molecule has 2 aromatic rings. The first-order valence-electron chi connectivity index (χ1n) is 12.4. The first-order chi connectivity index (χ1) is 16.6. The lowest BCUT2D eigenvalue weighted by atomic mass is 9.81. The molecule has 0 saturated heterocycles. The third-order valence-electron chi connectivity index (χ3n) is 7.58. The molecule has 2 aliphatic rings. The summed E-state index contributed by atoms with van der Waals surface area (Å²) in [5, 5.41) is 3.74. The maximum atomic E-state index is 12.2. The van der Waals surface area contributed by atoms with E-state index in [0.717, 1.165) is 59.4 Å². The van der Waals surface area contributed by atoms with Gasteiger partial charge < -0.3 is 24.1 Å². The molecule has 1 aromatic heterocycles. The van der Waals surface area contributed by atoms with Crippen molar-refractivity contribution >= 4 is 11.6 Å². The SMILES string of the molecule is Cc1cc(C)c(CNCOCc2cc(Cl)c3c(c2C)O[C@@](C)(C2CCC(N(C)C)CC2)O3)c(=O)[nH]1. The van der Waals surface area contributed by atoms with Gasteiger partial charge in [-0.2, -0.15) is 0 Å². The average molecular weight is 504 g/mol. The topological polar surface area (TPSA) is 75.8 Å². The molecular weight excluding hydrogens is 466 g/mol. The largest absolute Gasteiger partial charge is 0.448 e. The summed E-state index contributed by atoms with van der Waals surface area (Å²) in [5.74, 6) is 0.980. The van der Waals surface area contributed by atoms with Gasteiger partial charge in [-0.3, -0.25) is 10.1 Å². The normalized spacial score (nSPS) is 23.8. The van der Waals surface area contributed by atoms with Crippen LogP contribution in [0, 0.1) is 26.7 Å². The van der Waals surface area contributed by atoms with E-state index in [4.69, 9.17) is 25.8 Å². The van der Waals surface area contributed by atoms with Gasteiger partial charge >= 0.3 is 0 Å². The minimum Gasteiger partial charge on any atom is -0.448 e. The maximum Gasteiger partial charge on any atom is 0.252 e. The van der Waals surface area contributed by atoms with Gasteiger partial charge in [0.15, 0.2) is 11.5 Å². The van der Waals surface area contributed by atoms with Gasteiger partial charge in [0.1, 0.15) is 0 Å². The molecule has 2 N–H and O–H groups in total. The molecule has 1 aromatic carbocycles. The molecule has 8 heteroatoms. The van der Waals surface area contributed by atoms with Crippen molar-refractivity contribution in [3.63, 3.8) is 0 Å². The summed E-state index contributed by atoms with van der Waals surface area (Å²) in [5.41, 5.74) is 4.44. The zero-order valence-corrected chi connectivity index (χ0v) is 22.5. The standard InChI is InChI=1S/C27H38ClN3O4/c1-16-11-17(2)30-26(32)22(16)13-29-15-33-14-19-12-23(28)25-24(18(19)3)34-27(4,35-25)20-7-9-21(10-8-20)31(5)6/h11-12,20-21,29H,7-10,13-15H2,1-6H3,(H,30,32)/t20?,21?,27-/m1/s1. The lowest BCUT2D eigenvalue weighted by Gasteiger charge is -2.39. The predicted molar refractivity (Wildman–Crippen MR) is 138 cm³/mol. The number of nitrogens with zero attached hydrogens (tertiary/aromatic N) is 1. The molecule has 7 nitrogen and oxygen atoms in total. The van der Waals surface area contributed by atoms with Gasteiger partial charge in [0.2, 0.25) is 0 Å². The molecule has 1 aliphatic carbocycles. The van der Waals surface area contributed by atoms with Gasteiger partial charge in [-0.05, 0) is 83.8 Å². The Hall–Kier alpha value is -2.06. The van der Waals surface area contributed by atoms with Crippen molar-refractivity contribution in [2.45, 2.75) is 78.4 Å². The van der Waals surface area contributed by atoms with Crippen LogP contribution < -0.4 is 20.3 Å². The Bertz CT molecular complexity index is 1120. The fourth-order valence-corrected chi connectivity index (χ4v) is 5.60. The van der Waals surface area contributed by atoms with Gasteiger partial charge in [-0.25, -0.2) is 0 Å². The van der Waals surface area contributed by atoms with E-state index in [1.54, 1.807) is 0 Å². The average Bonchev–Trinajstić information content (AvgIpc) is 3.18. The van der Waals surface area contributed by atoms with Crippen LogP contribution in [-0.4, -0.2) is 42.5 Å². The highest BCUT2D eigenvalue weighted by Gasteiger charge is 2.47. The zero-order valence-electron chi connectivity index (χ0n) is 21.7. The summed E-state index contributed by atoms with van der Waals surface area (Å²) in [4.78, 5) is 17.3. The van der Waals surface area contributed by atoms with Gasteiger partial charge in [-0.1, -0.05) is 11.6 Å². The van der Waals surface area contributed by atoms with Crippen LogP contribution in [0.3, 0.4) is 0 Å². The van der Waals surface area contributed by atoms with Crippen molar-refractivity contribution in [3.05, 3.63) is 55.5 Å². The van der Waals surface area contributed by atoms with E-state index < -0.39 is 5.79 Å². The number of fused-ring (bicyclic) bond motifs is 1. The lowest BCUT2D eigenvalue weighted by molar-refractivity contribution is -0.123. The van der Waals surface area contributed by atoms with E-state index in [1.807, 2.05) is 39.8 Å². The number of halogens is 1. The summed E-state index contributed by atoms with van der Waals surface area (Å²) < 4.78 is 18.7. The molecule has 1 fully saturated rings. The highest BCUT2D eigenvalue weighted by molar-refractivity contribution is 6.32. The summed E-state index contributed by atoms with van der Waals surface area (Å²) in [7, 11) is 4.30. The van der Waals surface area contributed by atoms with Crippen molar-refractivity contribution in [3.8, 4) is 11.5 Å². The van der Waals surface area contributed by atoms with E-state index in [2.05, 4.69) is 29.3 Å². The number of benzene rings is 1. The number of aryl methyl sites for hydroxylation is 2. The third kappa shape index (κ3) is 5.53. The molecule has 4 rings (SSSR count). The minimum absolute atomic E-state index is 0.0633. The van der Waals surface area contributed by atoms with Crippen LogP contribution in [0.5, 0.6) is 11.5 Å². The van der Waals surface area contributed by atoms with E-state index in [0.29, 0.717) is 42.6 Å². The smallest absolute Gasteiger partial charge is 0.252 e. The number of ether oxygens (including phenoxy) is 3. The van der Waals surface area contributed by atoms with Crippen LogP contribution in [0.25, 0.3) is 0 Å². The zero-order chi connectivity index (χ0) is 25.3. The number of hydrogen-bond acceptors (Lipinski definition) is 6. The summed E-state index contributed by atoms with van der Waals surface area (Å²) >= 11 is 6.62. The monoisotopic (exact) mass is 503 g/mol. The van der Waals surface area contributed by atoms with Crippen LogP contribution in [0.15, 0.2) is 16.9 Å². The number of hydrogen-bond donors (Lipinski definition) is 2. The molecular formula is C27H38ClN3O4. The van der Waals surface area contributed by atoms with Gasteiger partial charge in [0, 0.05) is 42.2 Å². The summed E-state index contributed by atoms with van der Waals surface area (Å²) in [6, 6.07) is 4.50. The van der Waals surface area contributed by atoms with Crippen molar-refractivity contribution in [2.24, 2.45) is 5.92 Å². The van der Waals surface area contributed by atoms with Gasteiger partial charge in [0.25, 0.3) is 11.3 Å². The molecule has 1 atom stereocenters. The highest BCUT2D eigenvalue weighted by atomic mass is 35.5. The third-order valence-corrected chi connectivity index (χ3v) is 7.86. The Balaban J connectivity index is 1.35. The molecule has 2 heterocycles. The highest BCUT2D eigenvalue weighted by Crippen LogP contribution is 2.51. The first kappa shape index (κ1) is 26.0. The lowest BCUT2D eigenvalue weighted by Crippen LogP contribution is -2.46. The van der Waals surface area contributed by atoms with E-state index >= 15 is 0 Å². The first-order valence-corrected chi connectivity index (χ1v) is 12.8. The molecule has 1 saturated carbocycles. The summed E-state index contributed by atoms with van der Waals surface area (Å²) in [6.07, 6.45) is 4.41. The quantitative estimate of drug-likeness (QED) is 0.397. The maximum absolute atomic E-state index is 12.2. The van der Waals surface area contributed by atoms with E-state index in [9.17, 15) is 4.79 Å². The van der Waals surface area contributed by atoms with Crippen molar-refractivity contribution in [2.75, 3.05) is 20.8 Å². The molecule has 0 spiro atoms. The second-order valence-corrected chi connectivity index (χ2v) is 10.8. The van der Waals surface area contributed by atoms with Crippen LogP contribution in [0.2, 0.25) is 5.02 Å². The Morgan fingerprint density at radius 2 is 1.83 bits per heavy atom. The number of aromatic nitrogens is 1. The van der Waals surface area contributed by atoms with Crippen molar-refractivity contribution in [1.29, 1.82) is 0 Å². The number of nitrogens with one attached hydrogen (secondary N) is 2. The minimum atomic E-state index is -0.700. The fourth-order valence-electron chi connectivity index (χ4n) is 5.34. The molecule has 0 amide bonds. The number of pyridine rings is 1. The van der Waals surface area contributed by atoms with Crippen LogP contribution in [0.1, 0.15) is 60.6 Å². The predicted octanol–water partition coefficient (Wildman–Crippen LogP) is 4.83. The van der Waals surface area contributed by atoms with E-state index in [-0.39, 0.29) is 5.56 Å². The second-order valence-electron chi connectivity index (χ2n) is 10.4. The van der Waals surface area contributed by atoms with Crippen molar-refractivity contribution < 1.29 is 14.2 Å². The molecule has 0 bridgehead atoms. The molecule has 1 aliphatic heterocycles. The Morgan fingerprint density at radius 3 is 2.49 bits per heavy atom. The second kappa shape index (κ2) is 10.5. The van der Waals surface area contributed by atoms with Crippen LogP contribution in [-0.2, 0) is 17.9 Å². The number of aromatic amines is 1. The molecule has 0 radical (unpaired) electrons. The number of rotatable bonds is 8. The number of H-pyrrole nitrogens is 1. The Labute approximate surface area is 213 Å².